The Kier molecular flexibility index (Phi) is 4.84. The Labute approximate surface area is 90.3 Å². The minimum absolute atomic E-state index is 0.271. The fraction of sp³-hybridized carbons (Fsp3) is 0.455. The standard InChI is InChI=1S/C11H18N2S/c1-9(12)7-8-13-10-3-5-11(14-2)6-4-10/h3-6,9,13H,7-8,12H2,1-2H3. The van der Waals surface area contributed by atoms with Gasteiger partial charge in [-0.05, 0) is 43.9 Å². The molecule has 0 saturated carbocycles. The minimum Gasteiger partial charge on any atom is -0.385 e. The molecule has 0 aliphatic carbocycles. The van der Waals surface area contributed by atoms with E-state index in [4.69, 9.17) is 5.73 Å². The summed E-state index contributed by atoms with van der Waals surface area (Å²) >= 11 is 1.76. The lowest BCUT2D eigenvalue weighted by atomic mass is 10.2. The molecule has 3 heteroatoms. The Morgan fingerprint density at radius 2 is 2.00 bits per heavy atom. The third-order valence-electron chi connectivity index (χ3n) is 2.02. The van der Waals surface area contributed by atoms with Crippen molar-refractivity contribution in [3.8, 4) is 0 Å². The highest BCUT2D eigenvalue weighted by Gasteiger charge is 1.95. The molecule has 0 aliphatic heterocycles. The zero-order valence-electron chi connectivity index (χ0n) is 8.79. The van der Waals surface area contributed by atoms with E-state index < -0.39 is 0 Å². The highest BCUT2D eigenvalue weighted by molar-refractivity contribution is 7.98. The van der Waals surface area contributed by atoms with E-state index in [2.05, 4.69) is 35.8 Å². The second-order valence-corrected chi connectivity index (χ2v) is 4.30. The third-order valence-corrected chi connectivity index (χ3v) is 2.76. The van der Waals surface area contributed by atoms with Crippen LogP contribution in [0, 0.1) is 0 Å². The molecule has 3 N–H and O–H groups in total. The van der Waals surface area contributed by atoms with Crippen LogP contribution >= 0.6 is 11.8 Å². The van der Waals surface area contributed by atoms with Gasteiger partial charge in [-0.25, -0.2) is 0 Å². The van der Waals surface area contributed by atoms with Gasteiger partial charge in [0.25, 0.3) is 0 Å². The number of nitrogens with two attached hydrogens (primary N) is 1. The van der Waals surface area contributed by atoms with Crippen LogP contribution in [0.3, 0.4) is 0 Å². The van der Waals surface area contributed by atoms with Gasteiger partial charge >= 0.3 is 0 Å². The van der Waals surface area contributed by atoms with E-state index in [-0.39, 0.29) is 6.04 Å². The molecule has 0 aromatic heterocycles. The van der Waals surface area contributed by atoms with Gasteiger partial charge in [-0.15, -0.1) is 11.8 Å². The molecule has 1 unspecified atom stereocenters. The normalized spacial score (nSPS) is 12.5. The number of thioether (sulfide) groups is 1. The fourth-order valence-corrected chi connectivity index (χ4v) is 1.56. The van der Waals surface area contributed by atoms with Crippen molar-refractivity contribution >= 4 is 17.4 Å². The van der Waals surface area contributed by atoms with Crippen LogP contribution in [0.2, 0.25) is 0 Å². The molecular formula is C11H18N2S. The number of hydrogen-bond donors (Lipinski definition) is 2. The van der Waals surface area contributed by atoms with Crippen molar-refractivity contribution in [1.29, 1.82) is 0 Å². The molecule has 78 valence electrons. The molecule has 0 amide bonds. The molecule has 0 spiro atoms. The first-order valence-corrected chi connectivity index (χ1v) is 6.08. The van der Waals surface area contributed by atoms with Crippen molar-refractivity contribution < 1.29 is 0 Å². The van der Waals surface area contributed by atoms with Gasteiger partial charge in [-0.3, -0.25) is 0 Å². The zero-order chi connectivity index (χ0) is 10.4. The van der Waals surface area contributed by atoms with Gasteiger partial charge in [0.05, 0.1) is 0 Å². The van der Waals surface area contributed by atoms with Crippen molar-refractivity contribution in [3.63, 3.8) is 0 Å². The highest BCUT2D eigenvalue weighted by Crippen LogP contribution is 2.17. The molecule has 1 aromatic carbocycles. The van der Waals surface area contributed by atoms with Gasteiger partial charge in [0.2, 0.25) is 0 Å². The van der Waals surface area contributed by atoms with Crippen molar-refractivity contribution in [1.82, 2.24) is 0 Å². The third kappa shape index (κ3) is 4.03. The molecule has 14 heavy (non-hydrogen) atoms. The summed E-state index contributed by atoms with van der Waals surface area (Å²) in [6.07, 6.45) is 3.09. The first kappa shape index (κ1) is 11.4. The van der Waals surface area contributed by atoms with Gasteiger partial charge in [0.15, 0.2) is 0 Å². The summed E-state index contributed by atoms with van der Waals surface area (Å²) in [6, 6.07) is 8.73. The van der Waals surface area contributed by atoms with Crippen molar-refractivity contribution in [2.45, 2.75) is 24.3 Å². The number of hydrogen-bond acceptors (Lipinski definition) is 3. The number of nitrogens with one attached hydrogen (secondary N) is 1. The van der Waals surface area contributed by atoms with Crippen LogP contribution in [-0.2, 0) is 0 Å². The lowest BCUT2D eigenvalue weighted by molar-refractivity contribution is 0.690. The molecular weight excluding hydrogens is 192 g/mol. The van der Waals surface area contributed by atoms with Crippen LogP contribution in [0.5, 0.6) is 0 Å². The SMILES string of the molecule is CSc1ccc(NCCC(C)N)cc1. The average Bonchev–Trinajstić information content (AvgIpc) is 2.18. The summed E-state index contributed by atoms with van der Waals surface area (Å²) in [4.78, 5) is 1.29. The Morgan fingerprint density at radius 1 is 1.36 bits per heavy atom. The minimum atomic E-state index is 0.271. The summed E-state index contributed by atoms with van der Waals surface area (Å²) in [5.74, 6) is 0. The predicted molar refractivity (Wildman–Crippen MR) is 65.0 cm³/mol. The Bertz CT molecular complexity index is 256. The van der Waals surface area contributed by atoms with E-state index in [9.17, 15) is 0 Å². The van der Waals surface area contributed by atoms with Crippen LogP contribution in [0.4, 0.5) is 5.69 Å². The molecule has 0 saturated heterocycles. The first-order valence-electron chi connectivity index (χ1n) is 4.86. The van der Waals surface area contributed by atoms with Crippen LogP contribution in [-0.4, -0.2) is 18.8 Å². The highest BCUT2D eigenvalue weighted by atomic mass is 32.2. The number of anilines is 1. The van der Waals surface area contributed by atoms with Gasteiger partial charge < -0.3 is 11.1 Å². The van der Waals surface area contributed by atoms with Crippen LogP contribution < -0.4 is 11.1 Å². The molecule has 1 rings (SSSR count). The summed E-state index contributed by atoms with van der Waals surface area (Å²) in [5.41, 5.74) is 6.83. The molecule has 0 aliphatic rings. The molecule has 0 fully saturated rings. The first-order chi connectivity index (χ1) is 6.72. The van der Waals surface area contributed by atoms with E-state index in [0.717, 1.165) is 13.0 Å². The van der Waals surface area contributed by atoms with Crippen LogP contribution in [0.15, 0.2) is 29.2 Å². The van der Waals surface area contributed by atoms with Gasteiger partial charge in [-0.2, -0.15) is 0 Å². The Hall–Kier alpha value is -0.670. The topological polar surface area (TPSA) is 38.0 Å². The molecule has 0 radical (unpaired) electrons. The van der Waals surface area contributed by atoms with Crippen LogP contribution in [0.25, 0.3) is 0 Å². The van der Waals surface area contributed by atoms with E-state index in [1.165, 1.54) is 10.6 Å². The van der Waals surface area contributed by atoms with E-state index >= 15 is 0 Å². The second-order valence-electron chi connectivity index (χ2n) is 3.42. The lowest BCUT2D eigenvalue weighted by Crippen LogP contribution is -2.19. The fourth-order valence-electron chi connectivity index (χ4n) is 1.15. The van der Waals surface area contributed by atoms with Gasteiger partial charge in [-0.1, -0.05) is 0 Å². The summed E-state index contributed by atoms with van der Waals surface area (Å²) in [7, 11) is 0. The summed E-state index contributed by atoms with van der Waals surface area (Å²) < 4.78 is 0. The van der Waals surface area contributed by atoms with Crippen LogP contribution in [0.1, 0.15) is 13.3 Å². The number of rotatable bonds is 5. The van der Waals surface area contributed by atoms with Crippen molar-refractivity contribution in [2.75, 3.05) is 18.1 Å². The maximum Gasteiger partial charge on any atom is 0.0340 e. The van der Waals surface area contributed by atoms with Crippen molar-refractivity contribution in [3.05, 3.63) is 24.3 Å². The molecule has 2 nitrogen and oxygen atoms in total. The molecule has 1 aromatic rings. The second kappa shape index (κ2) is 5.94. The summed E-state index contributed by atoms with van der Waals surface area (Å²) in [5, 5.41) is 3.34. The molecule has 1 atom stereocenters. The number of benzene rings is 1. The monoisotopic (exact) mass is 210 g/mol. The van der Waals surface area contributed by atoms with Gasteiger partial charge in [0.1, 0.15) is 0 Å². The average molecular weight is 210 g/mol. The molecule has 0 heterocycles. The van der Waals surface area contributed by atoms with E-state index in [1.54, 1.807) is 11.8 Å². The predicted octanol–water partition coefficient (Wildman–Crippen LogP) is 2.56. The summed E-state index contributed by atoms with van der Waals surface area (Å²) in [6.45, 7) is 2.97. The maximum atomic E-state index is 5.66. The Morgan fingerprint density at radius 3 is 2.50 bits per heavy atom. The van der Waals surface area contributed by atoms with Crippen molar-refractivity contribution in [2.24, 2.45) is 5.73 Å². The Balaban J connectivity index is 2.36. The zero-order valence-corrected chi connectivity index (χ0v) is 9.60. The smallest absolute Gasteiger partial charge is 0.0340 e. The van der Waals surface area contributed by atoms with E-state index in [0.29, 0.717) is 0 Å². The van der Waals surface area contributed by atoms with Gasteiger partial charge in [0, 0.05) is 23.2 Å². The largest absolute Gasteiger partial charge is 0.385 e. The van der Waals surface area contributed by atoms with E-state index in [1.807, 2.05) is 6.92 Å². The molecule has 0 bridgehead atoms. The lowest BCUT2D eigenvalue weighted by Gasteiger charge is -2.08. The maximum absolute atomic E-state index is 5.66. The quantitative estimate of drug-likeness (QED) is 0.734.